The van der Waals surface area contributed by atoms with Crippen LogP contribution in [0.1, 0.15) is 32.7 Å². The SMILES string of the molecule is COC(=O)c1cc(C(=O)N2CCCN(Cc3ccc(OC)cc3)CC2)cc([N+](=O)[O-])c1. The third-order valence-electron chi connectivity index (χ3n) is 5.24. The number of nitro benzene ring substituents is 1. The zero-order valence-corrected chi connectivity index (χ0v) is 17.6. The molecular formula is C22H25N3O6. The first-order valence-corrected chi connectivity index (χ1v) is 9.93. The van der Waals surface area contributed by atoms with Crippen LogP contribution in [0.5, 0.6) is 5.75 Å². The van der Waals surface area contributed by atoms with E-state index in [0.717, 1.165) is 36.9 Å². The summed E-state index contributed by atoms with van der Waals surface area (Å²) in [6.07, 6.45) is 0.778. The molecule has 0 atom stereocenters. The lowest BCUT2D eigenvalue weighted by Gasteiger charge is -2.22. The standard InChI is InChI=1S/C22H25N3O6/c1-30-20-6-4-16(5-7-20)15-23-8-3-9-24(11-10-23)21(26)17-12-18(22(27)31-2)14-19(13-17)25(28)29/h4-7,12-14H,3,8-11,15H2,1-2H3. The van der Waals surface area contributed by atoms with Gasteiger partial charge in [0.15, 0.2) is 0 Å². The quantitative estimate of drug-likeness (QED) is 0.397. The number of non-ortho nitro benzene ring substituents is 1. The fourth-order valence-corrected chi connectivity index (χ4v) is 3.58. The molecule has 31 heavy (non-hydrogen) atoms. The van der Waals surface area contributed by atoms with Gasteiger partial charge in [-0.05, 0) is 30.2 Å². The summed E-state index contributed by atoms with van der Waals surface area (Å²) in [5.74, 6) is -0.251. The second-order valence-corrected chi connectivity index (χ2v) is 7.29. The van der Waals surface area contributed by atoms with Crippen molar-refractivity contribution in [3.05, 3.63) is 69.3 Å². The molecule has 0 aliphatic carbocycles. The highest BCUT2D eigenvalue weighted by Crippen LogP contribution is 2.21. The highest BCUT2D eigenvalue weighted by Gasteiger charge is 2.24. The van der Waals surface area contributed by atoms with Gasteiger partial charge in [0, 0.05) is 50.4 Å². The first-order chi connectivity index (χ1) is 14.9. The van der Waals surface area contributed by atoms with Crippen molar-refractivity contribution in [2.45, 2.75) is 13.0 Å². The number of benzene rings is 2. The Bertz CT molecular complexity index is 960. The first-order valence-electron chi connectivity index (χ1n) is 9.93. The van der Waals surface area contributed by atoms with E-state index in [2.05, 4.69) is 9.64 Å². The van der Waals surface area contributed by atoms with E-state index in [9.17, 15) is 19.7 Å². The molecule has 1 aliphatic heterocycles. The molecule has 9 nitrogen and oxygen atoms in total. The summed E-state index contributed by atoms with van der Waals surface area (Å²) in [5.41, 5.74) is 0.929. The second-order valence-electron chi connectivity index (χ2n) is 7.29. The second kappa shape index (κ2) is 10.0. The van der Waals surface area contributed by atoms with Gasteiger partial charge in [-0.2, -0.15) is 0 Å². The Labute approximate surface area is 180 Å². The predicted molar refractivity (Wildman–Crippen MR) is 113 cm³/mol. The molecule has 1 saturated heterocycles. The fourth-order valence-electron chi connectivity index (χ4n) is 3.58. The van der Waals surface area contributed by atoms with E-state index in [4.69, 9.17) is 4.74 Å². The summed E-state index contributed by atoms with van der Waals surface area (Å²) >= 11 is 0. The number of ether oxygens (including phenoxy) is 2. The van der Waals surface area contributed by atoms with E-state index in [0.29, 0.717) is 19.6 Å². The number of hydrogen-bond acceptors (Lipinski definition) is 7. The van der Waals surface area contributed by atoms with Crippen LogP contribution in [0, 0.1) is 10.1 Å². The Morgan fingerprint density at radius 1 is 1.00 bits per heavy atom. The molecule has 0 spiro atoms. The van der Waals surface area contributed by atoms with Crippen molar-refractivity contribution in [2.75, 3.05) is 40.4 Å². The van der Waals surface area contributed by atoms with E-state index in [1.54, 1.807) is 12.0 Å². The van der Waals surface area contributed by atoms with Gasteiger partial charge in [-0.3, -0.25) is 19.8 Å². The normalized spacial score (nSPS) is 14.6. The molecule has 9 heteroatoms. The number of nitro groups is 1. The van der Waals surface area contributed by atoms with Crippen molar-refractivity contribution < 1.29 is 24.0 Å². The third kappa shape index (κ3) is 5.58. The number of carbonyl (C=O) groups is 2. The average Bonchev–Trinajstić information content (AvgIpc) is 3.03. The van der Waals surface area contributed by atoms with Gasteiger partial charge in [0.2, 0.25) is 0 Å². The molecule has 0 bridgehead atoms. The lowest BCUT2D eigenvalue weighted by atomic mass is 10.1. The van der Waals surface area contributed by atoms with Gasteiger partial charge in [0.05, 0.1) is 24.7 Å². The molecule has 1 amide bonds. The molecule has 2 aromatic carbocycles. The van der Waals surface area contributed by atoms with Crippen LogP contribution >= 0.6 is 0 Å². The van der Waals surface area contributed by atoms with E-state index in [1.807, 2.05) is 24.3 Å². The molecule has 0 aromatic heterocycles. The lowest BCUT2D eigenvalue weighted by molar-refractivity contribution is -0.384. The number of methoxy groups -OCH3 is 2. The third-order valence-corrected chi connectivity index (χ3v) is 5.24. The molecule has 2 aromatic rings. The molecule has 1 heterocycles. The number of hydrogen-bond donors (Lipinski definition) is 0. The Hall–Kier alpha value is -3.46. The number of esters is 1. The summed E-state index contributed by atoms with van der Waals surface area (Å²) in [6.45, 7) is 3.30. The largest absolute Gasteiger partial charge is 0.497 e. The van der Waals surface area contributed by atoms with Crippen LogP contribution in [-0.2, 0) is 11.3 Å². The van der Waals surface area contributed by atoms with Gasteiger partial charge < -0.3 is 14.4 Å². The molecule has 1 fully saturated rings. The maximum Gasteiger partial charge on any atom is 0.338 e. The van der Waals surface area contributed by atoms with Crippen LogP contribution in [0.4, 0.5) is 5.69 Å². The van der Waals surface area contributed by atoms with Gasteiger partial charge in [-0.25, -0.2) is 4.79 Å². The molecule has 0 radical (unpaired) electrons. The summed E-state index contributed by atoms with van der Waals surface area (Å²) in [6, 6.07) is 11.5. The van der Waals surface area contributed by atoms with E-state index >= 15 is 0 Å². The predicted octanol–water partition coefficient (Wildman–Crippen LogP) is 2.74. The van der Waals surface area contributed by atoms with Crippen LogP contribution in [0.2, 0.25) is 0 Å². The number of rotatable bonds is 6. The minimum atomic E-state index is -0.723. The summed E-state index contributed by atoms with van der Waals surface area (Å²) < 4.78 is 9.84. The zero-order chi connectivity index (χ0) is 22.4. The molecule has 3 rings (SSSR count). The fraction of sp³-hybridized carbons (Fsp3) is 0.364. The highest BCUT2D eigenvalue weighted by molar-refractivity contribution is 5.99. The molecule has 1 aliphatic rings. The molecule has 0 N–H and O–H groups in total. The highest BCUT2D eigenvalue weighted by atomic mass is 16.6. The molecule has 164 valence electrons. The van der Waals surface area contributed by atoms with Crippen molar-refractivity contribution in [1.29, 1.82) is 0 Å². The maximum absolute atomic E-state index is 13.0. The van der Waals surface area contributed by atoms with Crippen molar-refractivity contribution in [3.63, 3.8) is 0 Å². The zero-order valence-electron chi connectivity index (χ0n) is 17.6. The minimum absolute atomic E-state index is 0.0176. The molecule has 0 unspecified atom stereocenters. The number of carbonyl (C=O) groups excluding carboxylic acids is 2. The van der Waals surface area contributed by atoms with Crippen LogP contribution < -0.4 is 4.74 Å². The topological polar surface area (TPSA) is 102 Å². The van der Waals surface area contributed by atoms with Crippen LogP contribution in [0.15, 0.2) is 42.5 Å². The average molecular weight is 427 g/mol. The summed E-state index contributed by atoms with van der Waals surface area (Å²) in [7, 11) is 2.82. The van der Waals surface area contributed by atoms with Crippen molar-refractivity contribution in [2.24, 2.45) is 0 Å². The smallest absolute Gasteiger partial charge is 0.338 e. The molecular weight excluding hydrogens is 402 g/mol. The summed E-state index contributed by atoms with van der Waals surface area (Å²) in [5, 5.41) is 11.2. The van der Waals surface area contributed by atoms with Crippen LogP contribution in [-0.4, -0.2) is 67.0 Å². The van der Waals surface area contributed by atoms with Crippen molar-refractivity contribution in [1.82, 2.24) is 9.80 Å². The van der Waals surface area contributed by atoms with E-state index in [-0.39, 0.29) is 22.7 Å². The van der Waals surface area contributed by atoms with Gasteiger partial charge in [0.1, 0.15) is 5.75 Å². The Balaban J connectivity index is 1.70. The summed E-state index contributed by atoms with van der Waals surface area (Å²) in [4.78, 5) is 39.5. The van der Waals surface area contributed by atoms with Gasteiger partial charge in [-0.15, -0.1) is 0 Å². The first kappa shape index (κ1) is 22.2. The number of amides is 1. The van der Waals surface area contributed by atoms with E-state index < -0.39 is 10.9 Å². The van der Waals surface area contributed by atoms with Gasteiger partial charge >= 0.3 is 5.97 Å². The molecule has 0 saturated carbocycles. The van der Waals surface area contributed by atoms with Crippen molar-refractivity contribution >= 4 is 17.6 Å². The Morgan fingerprint density at radius 3 is 2.35 bits per heavy atom. The minimum Gasteiger partial charge on any atom is -0.497 e. The lowest BCUT2D eigenvalue weighted by Crippen LogP contribution is -2.35. The van der Waals surface area contributed by atoms with Gasteiger partial charge in [-0.1, -0.05) is 12.1 Å². The van der Waals surface area contributed by atoms with Crippen LogP contribution in [0.25, 0.3) is 0 Å². The Kier molecular flexibility index (Phi) is 7.19. The Morgan fingerprint density at radius 2 is 1.71 bits per heavy atom. The van der Waals surface area contributed by atoms with Crippen molar-refractivity contribution in [3.8, 4) is 5.75 Å². The van der Waals surface area contributed by atoms with Crippen LogP contribution in [0.3, 0.4) is 0 Å². The maximum atomic E-state index is 13.0. The monoisotopic (exact) mass is 427 g/mol. The number of nitrogens with zero attached hydrogens (tertiary/aromatic N) is 3. The van der Waals surface area contributed by atoms with E-state index in [1.165, 1.54) is 19.2 Å². The van der Waals surface area contributed by atoms with Gasteiger partial charge in [0.25, 0.3) is 11.6 Å².